The van der Waals surface area contributed by atoms with E-state index >= 15 is 0 Å². The summed E-state index contributed by atoms with van der Waals surface area (Å²) >= 11 is 5.80. The van der Waals surface area contributed by atoms with Gasteiger partial charge >= 0.3 is 5.97 Å². The van der Waals surface area contributed by atoms with Crippen molar-refractivity contribution >= 4 is 17.6 Å². The monoisotopic (exact) mass is 242 g/mol. The number of hydrogen-bond acceptors (Lipinski definition) is 4. The molecule has 0 amide bonds. The summed E-state index contributed by atoms with van der Waals surface area (Å²) in [7, 11) is 1.32. The second kappa shape index (κ2) is 4.72. The molecule has 5 heteroatoms. The van der Waals surface area contributed by atoms with Crippen LogP contribution < -0.4 is 4.74 Å². The van der Waals surface area contributed by atoms with E-state index in [1.54, 1.807) is 12.1 Å². The number of carbonyl (C=O) groups excluding carboxylic acids is 1. The average Bonchev–Trinajstić information content (AvgIpc) is 3.10. The van der Waals surface area contributed by atoms with Gasteiger partial charge < -0.3 is 14.2 Å². The van der Waals surface area contributed by atoms with Crippen LogP contribution in [0.1, 0.15) is 10.4 Å². The number of esters is 1. The first kappa shape index (κ1) is 11.2. The molecule has 0 N–H and O–H groups in total. The van der Waals surface area contributed by atoms with E-state index in [4.69, 9.17) is 21.1 Å². The molecule has 1 fully saturated rings. The molecule has 1 aliphatic heterocycles. The van der Waals surface area contributed by atoms with Gasteiger partial charge in [0.25, 0.3) is 0 Å². The van der Waals surface area contributed by atoms with Crippen molar-refractivity contribution in [1.82, 2.24) is 0 Å². The van der Waals surface area contributed by atoms with E-state index in [0.717, 1.165) is 0 Å². The summed E-state index contributed by atoms with van der Waals surface area (Å²) in [4.78, 5) is 11.5. The van der Waals surface area contributed by atoms with Gasteiger partial charge in [-0.3, -0.25) is 0 Å². The standard InChI is InChI=1S/C11H11ClO4/c1-14-11(13)9-4-7(12)2-3-10(9)16-6-8-5-15-8/h2-4,8H,5-6H2,1H3. The highest BCUT2D eigenvalue weighted by Gasteiger charge is 2.24. The molecular weight excluding hydrogens is 232 g/mol. The molecule has 0 saturated carbocycles. The molecule has 1 aromatic carbocycles. The lowest BCUT2D eigenvalue weighted by molar-refractivity contribution is 0.0595. The van der Waals surface area contributed by atoms with E-state index in [9.17, 15) is 4.79 Å². The van der Waals surface area contributed by atoms with Gasteiger partial charge in [-0.1, -0.05) is 11.6 Å². The van der Waals surface area contributed by atoms with E-state index in [1.165, 1.54) is 13.2 Å². The smallest absolute Gasteiger partial charge is 0.341 e. The third-order valence-corrected chi connectivity index (χ3v) is 2.41. The number of carbonyl (C=O) groups is 1. The average molecular weight is 243 g/mol. The van der Waals surface area contributed by atoms with Crippen LogP contribution >= 0.6 is 11.6 Å². The molecule has 0 aromatic heterocycles. The lowest BCUT2D eigenvalue weighted by atomic mass is 10.2. The maximum atomic E-state index is 11.5. The summed E-state index contributed by atoms with van der Waals surface area (Å²) in [5.74, 6) is 0.000894. The minimum Gasteiger partial charge on any atom is -0.490 e. The number of rotatable bonds is 4. The minimum atomic E-state index is -0.464. The lowest BCUT2D eigenvalue weighted by Crippen LogP contribution is -2.09. The molecule has 1 atom stereocenters. The van der Waals surface area contributed by atoms with Crippen LogP contribution in [0, 0.1) is 0 Å². The number of ether oxygens (including phenoxy) is 3. The maximum Gasteiger partial charge on any atom is 0.341 e. The van der Waals surface area contributed by atoms with Gasteiger partial charge in [0.05, 0.1) is 13.7 Å². The molecule has 0 spiro atoms. The second-order valence-electron chi connectivity index (χ2n) is 3.40. The molecule has 1 aliphatic rings. The molecule has 16 heavy (non-hydrogen) atoms. The van der Waals surface area contributed by atoms with E-state index in [-0.39, 0.29) is 6.10 Å². The largest absolute Gasteiger partial charge is 0.490 e. The van der Waals surface area contributed by atoms with Crippen LogP contribution in [0.25, 0.3) is 0 Å². The van der Waals surface area contributed by atoms with E-state index in [0.29, 0.717) is 29.5 Å². The molecule has 1 saturated heterocycles. The fourth-order valence-corrected chi connectivity index (χ4v) is 1.42. The molecule has 1 heterocycles. The number of benzene rings is 1. The SMILES string of the molecule is COC(=O)c1cc(Cl)ccc1OCC1CO1. The van der Waals surface area contributed by atoms with Gasteiger partial charge in [-0.05, 0) is 18.2 Å². The van der Waals surface area contributed by atoms with E-state index < -0.39 is 5.97 Å². The van der Waals surface area contributed by atoms with Crippen LogP contribution in [0.5, 0.6) is 5.75 Å². The molecule has 1 unspecified atom stereocenters. The van der Waals surface area contributed by atoms with Crippen molar-refractivity contribution in [2.75, 3.05) is 20.3 Å². The predicted molar refractivity (Wildman–Crippen MR) is 58.0 cm³/mol. The van der Waals surface area contributed by atoms with Crippen molar-refractivity contribution in [2.24, 2.45) is 0 Å². The maximum absolute atomic E-state index is 11.5. The van der Waals surface area contributed by atoms with Crippen LogP contribution in [0.2, 0.25) is 5.02 Å². The van der Waals surface area contributed by atoms with Crippen molar-refractivity contribution in [3.05, 3.63) is 28.8 Å². The molecule has 2 rings (SSSR count). The predicted octanol–water partition coefficient (Wildman–Crippen LogP) is 1.90. The van der Waals surface area contributed by atoms with Crippen molar-refractivity contribution in [3.63, 3.8) is 0 Å². The van der Waals surface area contributed by atoms with Gasteiger partial charge in [0, 0.05) is 5.02 Å². The van der Waals surface area contributed by atoms with Crippen molar-refractivity contribution in [2.45, 2.75) is 6.10 Å². The zero-order chi connectivity index (χ0) is 11.5. The summed E-state index contributed by atoms with van der Waals surface area (Å²) in [5, 5.41) is 0.468. The zero-order valence-electron chi connectivity index (χ0n) is 8.73. The fourth-order valence-electron chi connectivity index (χ4n) is 1.24. The highest BCUT2D eigenvalue weighted by atomic mass is 35.5. The Kier molecular flexibility index (Phi) is 3.31. The molecule has 0 bridgehead atoms. The minimum absolute atomic E-state index is 0.140. The molecule has 0 aliphatic carbocycles. The van der Waals surface area contributed by atoms with E-state index in [1.807, 2.05) is 0 Å². The Morgan fingerprint density at radius 1 is 1.62 bits per heavy atom. The summed E-state index contributed by atoms with van der Waals surface area (Å²) < 4.78 is 15.1. The Morgan fingerprint density at radius 2 is 2.38 bits per heavy atom. The molecule has 1 aromatic rings. The Morgan fingerprint density at radius 3 is 3.00 bits per heavy atom. The Labute approximate surface area is 98.1 Å². The van der Waals surface area contributed by atoms with Gasteiger partial charge in [0.1, 0.15) is 24.0 Å². The van der Waals surface area contributed by atoms with Crippen LogP contribution in [-0.4, -0.2) is 32.4 Å². The number of halogens is 1. The number of hydrogen-bond donors (Lipinski definition) is 0. The van der Waals surface area contributed by atoms with Crippen LogP contribution in [0.4, 0.5) is 0 Å². The highest BCUT2D eigenvalue weighted by Crippen LogP contribution is 2.24. The van der Waals surface area contributed by atoms with Gasteiger partial charge in [0.15, 0.2) is 0 Å². The summed E-state index contributed by atoms with van der Waals surface area (Å²) in [6.07, 6.45) is 0.140. The van der Waals surface area contributed by atoms with Gasteiger partial charge in [-0.15, -0.1) is 0 Å². The van der Waals surface area contributed by atoms with Gasteiger partial charge in [-0.25, -0.2) is 4.79 Å². The second-order valence-corrected chi connectivity index (χ2v) is 3.83. The first-order chi connectivity index (χ1) is 7.70. The van der Waals surface area contributed by atoms with Gasteiger partial charge in [-0.2, -0.15) is 0 Å². The quantitative estimate of drug-likeness (QED) is 0.598. The Hall–Kier alpha value is -1.26. The molecule has 4 nitrogen and oxygen atoms in total. The zero-order valence-corrected chi connectivity index (χ0v) is 9.49. The normalized spacial score (nSPS) is 18.0. The van der Waals surface area contributed by atoms with Crippen LogP contribution in [-0.2, 0) is 9.47 Å². The molecule has 0 radical (unpaired) electrons. The first-order valence-corrected chi connectivity index (χ1v) is 5.21. The van der Waals surface area contributed by atoms with Crippen molar-refractivity contribution in [3.8, 4) is 5.75 Å². The Bertz CT molecular complexity index is 401. The third kappa shape index (κ3) is 2.65. The lowest BCUT2D eigenvalue weighted by Gasteiger charge is -2.09. The number of methoxy groups -OCH3 is 1. The topological polar surface area (TPSA) is 48.1 Å². The fraction of sp³-hybridized carbons (Fsp3) is 0.364. The van der Waals surface area contributed by atoms with Crippen LogP contribution in [0.15, 0.2) is 18.2 Å². The molecular formula is C11H11ClO4. The van der Waals surface area contributed by atoms with Crippen molar-refractivity contribution < 1.29 is 19.0 Å². The van der Waals surface area contributed by atoms with Crippen LogP contribution in [0.3, 0.4) is 0 Å². The summed E-state index contributed by atoms with van der Waals surface area (Å²) in [6.45, 7) is 1.15. The highest BCUT2D eigenvalue weighted by molar-refractivity contribution is 6.31. The third-order valence-electron chi connectivity index (χ3n) is 2.17. The number of epoxide rings is 1. The van der Waals surface area contributed by atoms with Crippen molar-refractivity contribution in [1.29, 1.82) is 0 Å². The van der Waals surface area contributed by atoms with E-state index in [2.05, 4.69) is 4.74 Å². The first-order valence-electron chi connectivity index (χ1n) is 4.83. The van der Waals surface area contributed by atoms with Gasteiger partial charge in [0.2, 0.25) is 0 Å². The Balaban J connectivity index is 2.16. The molecule has 86 valence electrons. The summed E-state index contributed by atoms with van der Waals surface area (Å²) in [5.41, 5.74) is 0.329. The summed E-state index contributed by atoms with van der Waals surface area (Å²) in [6, 6.07) is 4.84.